The molecule has 18 heavy (non-hydrogen) atoms. The molecule has 0 saturated carbocycles. The van der Waals surface area contributed by atoms with Crippen LogP contribution in [0.25, 0.3) is 0 Å². The summed E-state index contributed by atoms with van der Waals surface area (Å²) >= 11 is 1.80. The molecule has 3 heteroatoms. The highest BCUT2D eigenvalue weighted by Crippen LogP contribution is 2.45. The van der Waals surface area contributed by atoms with Crippen LogP contribution in [0.1, 0.15) is 26.2 Å². The summed E-state index contributed by atoms with van der Waals surface area (Å²) in [6, 6.07) is 10.3. The number of ketones is 1. The Bertz CT molecular complexity index is 441. The molecule has 3 atom stereocenters. The average molecular weight is 262 g/mol. The molecule has 2 aliphatic rings. The highest BCUT2D eigenvalue weighted by molar-refractivity contribution is 7.99. The fraction of sp³-hybridized carbons (Fsp3) is 0.533. The van der Waals surface area contributed by atoms with Gasteiger partial charge in [-0.05, 0) is 24.5 Å². The van der Waals surface area contributed by atoms with Crippen LogP contribution in [0.4, 0.5) is 0 Å². The molecule has 1 aromatic carbocycles. The van der Waals surface area contributed by atoms with Crippen molar-refractivity contribution < 1.29 is 9.53 Å². The SMILES string of the molecule is C[C@@H]1C[C@@]2(CSc3ccccc3)CC(=O)C[C@@H]1O2. The van der Waals surface area contributed by atoms with E-state index in [4.69, 9.17) is 4.74 Å². The zero-order valence-corrected chi connectivity index (χ0v) is 11.4. The van der Waals surface area contributed by atoms with Gasteiger partial charge in [-0.1, -0.05) is 25.1 Å². The standard InChI is InChI=1S/C15H18O2S/c1-11-8-15(9-12(16)7-14(11)17-15)10-18-13-5-3-2-4-6-13/h2-6,11,14H,7-10H2,1H3/t11-,14+,15+/m1/s1. The van der Waals surface area contributed by atoms with E-state index in [2.05, 4.69) is 19.1 Å². The van der Waals surface area contributed by atoms with E-state index in [1.165, 1.54) is 4.90 Å². The Labute approximate surface area is 112 Å². The maximum Gasteiger partial charge on any atom is 0.138 e. The van der Waals surface area contributed by atoms with Gasteiger partial charge in [0.1, 0.15) is 5.78 Å². The van der Waals surface area contributed by atoms with Crippen LogP contribution in [-0.2, 0) is 9.53 Å². The van der Waals surface area contributed by atoms with Crippen LogP contribution in [0.5, 0.6) is 0 Å². The molecule has 0 spiro atoms. The van der Waals surface area contributed by atoms with E-state index in [1.807, 2.05) is 18.2 Å². The maximum atomic E-state index is 11.8. The molecule has 2 saturated heterocycles. The summed E-state index contributed by atoms with van der Waals surface area (Å²) in [6.45, 7) is 2.21. The molecule has 0 aromatic heterocycles. The molecule has 0 unspecified atom stereocenters. The zero-order valence-electron chi connectivity index (χ0n) is 10.6. The lowest BCUT2D eigenvalue weighted by Gasteiger charge is -2.32. The zero-order chi connectivity index (χ0) is 12.6. The summed E-state index contributed by atoms with van der Waals surface area (Å²) in [5, 5.41) is 0. The molecular formula is C15H18O2S. The van der Waals surface area contributed by atoms with E-state index in [1.54, 1.807) is 11.8 Å². The Hall–Kier alpha value is -0.800. The first kappa shape index (κ1) is 12.2. The number of carbonyl (C=O) groups excluding carboxylic acids is 1. The quantitative estimate of drug-likeness (QED) is 0.782. The molecule has 2 bridgehead atoms. The number of rotatable bonds is 3. The predicted octanol–water partition coefficient (Wildman–Crippen LogP) is 3.31. The Balaban J connectivity index is 1.70. The molecule has 2 nitrogen and oxygen atoms in total. The molecule has 0 N–H and O–H groups in total. The van der Waals surface area contributed by atoms with Crippen molar-refractivity contribution >= 4 is 17.5 Å². The summed E-state index contributed by atoms with van der Waals surface area (Å²) in [5.41, 5.74) is -0.195. The fourth-order valence-electron chi connectivity index (χ4n) is 3.09. The largest absolute Gasteiger partial charge is 0.370 e. The Kier molecular flexibility index (Phi) is 3.20. The maximum absolute atomic E-state index is 11.8. The summed E-state index contributed by atoms with van der Waals surface area (Å²) < 4.78 is 6.15. The topological polar surface area (TPSA) is 26.3 Å². The van der Waals surface area contributed by atoms with Crippen molar-refractivity contribution in [3.63, 3.8) is 0 Å². The predicted molar refractivity (Wildman–Crippen MR) is 72.8 cm³/mol. The van der Waals surface area contributed by atoms with Crippen molar-refractivity contribution in [1.29, 1.82) is 0 Å². The van der Waals surface area contributed by atoms with Gasteiger partial charge in [0.15, 0.2) is 0 Å². The van der Waals surface area contributed by atoms with Gasteiger partial charge >= 0.3 is 0 Å². The van der Waals surface area contributed by atoms with E-state index < -0.39 is 0 Å². The molecule has 96 valence electrons. The Morgan fingerprint density at radius 2 is 2.17 bits per heavy atom. The first-order valence-electron chi connectivity index (χ1n) is 6.54. The van der Waals surface area contributed by atoms with Crippen LogP contribution in [0.15, 0.2) is 35.2 Å². The minimum absolute atomic E-state index is 0.169. The van der Waals surface area contributed by atoms with Gasteiger partial charge in [-0.3, -0.25) is 4.79 Å². The molecule has 1 aromatic rings. The van der Waals surface area contributed by atoms with Crippen molar-refractivity contribution in [2.45, 2.75) is 42.8 Å². The number of benzene rings is 1. The molecular weight excluding hydrogens is 244 g/mol. The number of ether oxygens (including phenoxy) is 1. The van der Waals surface area contributed by atoms with Gasteiger partial charge in [0.05, 0.1) is 11.7 Å². The minimum atomic E-state index is -0.195. The van der Waals surface area contributed by atoms with Crippen LogP contribution in [0.3, 0.4) is 0 Å². The van der Waals surface area contributed by atoms with Crippen LogP contribution in [0, 0.1) is 5.92 Å². The van der Waals surface area contributed by atoms with Crippen LogP contribution < -0.4 is 0 Å². The van der Waals surface area contributed by atoms with Gasteiger partial charge in [-0.15, -0.1) is 11.8 Å². The van der Waals surface area contributed by atoms with E-state index in [-0.39, 0.29) is 11.7 Å². The van der Waals surface area contributed by atoms with Crippen molar-refractivity contribution in [3.05, 3.63) is 30.3 Å². The number of fused-ring (bicyclic) bond motifs is 2. The number of Topliss-reactive ketones (excluding diaryl/α,β-unsaturated/α-hetero) is 1. The molecule has 0 aliphatic carbocycles. The lowest BCUT2D eigenvalue weighted by Crippen LogP contribution is -2.39. The smallest absolute Gasteiger partial charge is 0.138 e. The molecule has 0 amide bonds. The van der Waals surface area contributed by atoms with Crippen LogP contribution in [0.2, 0.25) is 0 Å². The third-order valence-electron chi connectivity index (χ3n) is 3.92. The van der Waals surface area contributed by atoms with Crippen molar-refractivity contribution in [1.82, 2.24) is 0 Å². The lowest BCUT2D eigenvalue weighted by atomic mass is 9.94. The van der Waals surface area contributed by atoms with Gasteiger partial charge in [0.2, 0.25) is 0 Å². The molecule has 2 fully saturated rings. The van der Waals surface area contributed by atoms with Crippen molar-refractivity contribution in [2.24, 2.45) is 5.92 Å². The Morgan fingerprint density at radius 3 is 2.94 bits per heavy atom. The molecule has 3 rings (SSSR count). The minimum Gasteiger partial charge on any atom is -0.370 e. The number of hydrogen-bond acceptors (Lipinski definition) is 3. The second-order valence-electron chi connectivity index (χ2n) is 5.54. The summed E-state index contributed by atoms with van der Waals surface area (Å²) in [7, 11) is 0. The molecule has 2 aliphatic heterocycles. The fourth-order valence-corrected chi connectivity index (χ4v) is 4.16. The second kappa shape index (κ2) is 4.71. The van der Waals surface area contributed by atoms with Gasteiger partial charge in [0, 0.05) is 23.5 Å². The third-order valence-corrected chi connectivity index (χ3v) is 5.20. The lowest BCUT2D eigenvalue weighted by molar-refractivity contribution is -0.138. The normalized spacial score (nSPS) is 34.8. The first-order valence-corrected chi connectivity index (χ1v) is 7.53. The third kappa shape index (κ3) is 2.34. The van der Waals surface area contributed by atoms with E-state index in [9.17, 15) is 4.79 Å². The highest BCUT2D eigenvalue weighted by atomic mass is 32.2. The molecule has 0 radical (unpaired) electrons. The molecule has 2 heterocycles. The highest BCUT2D eigenvalue weighted by Gasteiger charge is 2.49. The first-order chi connectivity index (χ1) is 8.67. The van der Waals surface area contributed by atoms with Gasteiger partial charge in [-0.25, -0.2) is 0 Å². The van der Waals surface area contributed by atoms with E-state index >= 15 is 0 Å². The number of hydrogen-bond donors (Lipinski definition) is 0. The number of carbonyl (C=O) groups is 1. The van der Waals surface area contributed by atoms with Crippen molar-refractivity contribution in [3.8, 4) is 0 Å². The van der Waals surface area contributed by atoms with Gasteiger partial charge in [0.25, 0.3) is 0 Å². The Morgan fingerprint density at radius 1 is 1.39 bits per heavy atom. The summed E-state index contributed by atoms with van der Waals surface area (Å²) in [5.74, 6) is 1.79. The van der Waals surface area contributed by atoms with E-state index in [0.717, 1.165) is 12.2 Å². The van der Waals surface area contributed by atoms with Gasteiger partial charge < -0.3 is 4.74 Å². The summed E-state index contributed by atoms with van der Waals surface area (Å²) in [4.78, 5) is 13.1. The summed E-state index contributed by atoms with van der Waals surface area (Å²) in [6.07, 6.45) is 2.43. The van der Waals surface area contributed by atoms with Gasteiger partial charge in [-0.2, -0.15) is 0 Å². The average Bonchev–Trinajstić information content (AvgIpc) is 2.59. The monoisotopic (exact) mass is 262 g/mol. The second-order valence-corrected chi connectivity index (χ2v) is 6.59. The van der Waals surface area contributed by atoms with Crippen LogP contribution >= 0.6 is 11.8 Å². The van der Waals surface area contributed by atoms with Crippen molar-refractivity contribution in [2.75, 3.05) is 5.75 Å². The van der Waals surface area contributed by atoms with E-state index in [0.29, 0.717) is 24.5 Å². The number of thioether (sulfide) groups is 1. The van der Waals surface area contributed by atoms with Crippen LogP contribution in [-0.4, -0.2) is 23.2 Å².